The first-order chi connectivity index (χ1) is 20.9. The number of Topliss-reactive ketones (excluding diaryl/α,β-unsaturated/α-hetero) is 1. The molecule has 0 spiro atoms. The first-order valence-corrected chi connectivity index (χ1v) is 15.7. The number of hydrogen-bond donors (Lipinski definition) is 1. The smallest absolute Gasteiger partial charge is 0.335 e. The van der Waals surface area contributed by atoms with Gasteiger partial charge in [0.25, 0.3) is 0 Å². The highest BCUT2D eigenvalue weighted by atomic mass is 32.1. The van der Waals surface area contributed by atoms with E-state index in [1.807, 2.05) is 12.1 Å². The zero-order chi connectivity index (χ0) is 29.5. The summed E-state index contributed by atoms with van der Waals surface area (Å²) >= 11 is 1.18. The van der Waals surface area contributed by atoms with Crippen molar-refractivity contribution >= 4 is 34.1 Å². The van der Waals surface area contributed by atoms with Gasteiger partial charge in [-0.2, -0.15) is 0 Å². The molecular weight excluding hydrogens is 571 g/mol. The number of benzene rings is 1. The van der Waals surface area contributed by atoms with Crippen molar-refractivity contribution in [3.05, 3.63) is 75.1 Å². The van der Waals surface area contributed by atoms with Crippen LogP contribution in [0.4, 0.5) is 4.39 Å². The minimum Gasteiger partial charge on any atom is -0.478 e. The Morgan fingerprint density at radius 2 is 1.88 bits per heavy atom. The summed E-state index contributed by atoms with van der Waals surface area (Å²) in [6, 6.07) is 12.2. The molecule has 1 aliphatic carbocycles. The standard InChI is InChI=1S/C32H33FN4O5S/c33-23-15-27(31(38)20-4-5-20)43-28(23)18-42-30-3-1-2-24(35-30)19-8-11-36(12-9-19)17-29-34-25-7-6-21(32(39)40)14-26(25)37(29)16-22-10-13-41-22/h1-3,6-7,14-15,19-20,22H,4-5,8-13,16-18H2,(H,39,40)/t22-/m0/s1. The summed E-state index contributed by atoms with van der Waals surface area (Å²) in [4.78, 5) is 36.8. The Balaban J connectivity index is 0.986. The van der Waals surface area contributed by atoms with Crippen LogP contribution >= 0.6 is 11.3 Å². The summed E-state index contributed by atoms with van der Waals surface area (Å²) in [5, 5.41) is 9.51. The number of aromatic carboxylic acids is 1. The number of piperidine rings is 1. The minimum atomic E-state index is -0.950. The molecule has 0 radical (unpaired) electrons. The van der Waals surface area contributed by atoms with E-state index >= 15 is 0 Å². The SMILES string of the molecule is O=C(O)c1ccc2nc(CN3CCC(c4cccc(OCc5sc(C(=O)C6CC6)cc5F)n4)CC3)n(C[C@@H]3CCO3)c2c1. The molecule has 1 N–H and O–H groups in total. The van der Waals surface area contributed by atoms with E-state index in [4.69, 9.17) is 19.4 Å². The number of aromatic nitrogens is 3. The monoisotopic (exact) mass is 604 g/mol. The number of thiophene rings is 1. The average Bonchev–Trinajstić information content (AvgIpc) is 3.70. The number of ether oxygens (including phenoxy) is 2. The lowest BCUT2D eigenvalue weighted by Gasteiger charge is -2.32. The van der Waals surface area contributed by atoms with Crippen LogP contribution in [0.25, 0.3) is 11.0 Å². The minimum absolute atomic E-state index is 0.0403. The van der Waals surface area contributed by atoms with Crippen molar-refractivity contribution in [1.82, 2.24) is 19.4 Å². The maximum absolute atomic E-state index is 14.5. The summed E-state index contributed by atoms with van der Waals surface area (Å²) in [5.74, 6) is 0.410. The number of carboxylic acids is 1. The van der Waals surface area contributed by atoms with Gasteiger partial charge < -0.3 is 19.1 Å². The van der Waals surface area contributed by atoms with Crippen LogP contribution in [0.1, 0.15) is 74.4 Å². The Hall–Kier alpha value is -3.67. The lowest BCUT2D eigenvalue weighted by molar-refractivity contribution is -0.0592. The van der Waals surface area contributed by atoms with E-state index in [2.05, 4.69) is 9.47 Å². The molecule has 3 aliphatic rings. The Morgan fingerprint density at radius 3 is 2.60 bits per heavy atom. The molecule has 2 saturated heterocycles. The molecule has 3 aromatic heterocycles. The molecule has 11 heteroatoms. The molecule has 0 amide bonds. The van der Waals surface area contributed by atoms with E-state index in [1.54, 1.807) is 24.3 Å². The van der Waals surface area contributed by atoms with Gasteiger partial charge in [-0.15, -0.1) is 11.3 Å². The number of imidazole rings is 1. The zero-order valence-corrected chi connectivity index (χ0v) is 24.5. The van der Waals surface area contributed by atoms with Gasteiger partial charge >= 0.3 is 5.97 Å². The summed E-state index contributed by atoms with van der Waals surface area (Å²) in [5.41, 5.74) is 2.84. The van der Waals surface area contributed by atoms with Gasteiger partial charge in [-0.1, -0.05) is 6.07 Å². The molecule has 0 unspecified atom stereocenters. The van der Waals surface area contributed by atoms with E-state index in [1.165, 1.54) is 17.4 Å². The molecule has 43 heavy (non-hydrogen) atoms. The maximum Gasteiger partial charge on any atom is 0.335 e. The third-order valence-corrected chi connectivity index (χ3v) is 9.77. The highest BCUT2D eigenvalue weighted by molar-refractivity contribution is 7.14. The molecule has 0 bridgehead atoms. The zero-order valence-electron chi connectivity index (χ0n) is 23.7. The van der Waals surface area contributed by atoms with Crippen molar-refractivity contribution in [1.29, 1.82) is 0 Å². The van der Waals surface area contributed by atoms with Crippen molar-refractivity contribution in [3.8, 4) is 5.88 Å². The number of fused-ring (bicyclic) bond motifs is 1. The molecule has 2 aliphatic heterocycles. The lowest BCUT2D eigenvalue weighted by Crippen LogP contribution is -2.35. The number of carbonyl (C=O) groups excluding carboxylic acids is 1. The molecule has 224 valence electrons. The Morgan fingerprint density at radius 1 is 1.07 bits per heavy atom. The third kappa shape index (κ3) is 6.07. The topological polar surface area (TPSA) is 107 Å². The van der Waals surface area contributed by atoms with Gasteiger partial charge in [0, 0.05) is 30.2 Å². The second-order valence-electron chi connectivity index (χ2n) is 11.7. The first kappa shape index (κ1) is 28.1. The van der Waals surface area contributed by atoms with Crippen LogP contribution in [0, 0.1) is 11.7 Å². The second-order valence-corrected chi connectivity index (χ2v) is 12.8. The van der Waals surface area contributed by atoms with Crippen molar-refractivity contribution in [2.75, 3.05) is 19.7 Å². The molecule has 3 fully saturated rings. The number of ketones is 1. The Bertz CT molecular complexity index is 1670. The van der Waals surface area contributed by atoms with E-state index in [-0.39, 0.29) is 35.9 Å². The molecule has 1 saturated carbocycles. The van der Waals surface area contributed by atoms with E-state index in [0.29, 0.717) is 28.7 Å². The van der Waals surface area contributed by atoms with Crippen molar-refractivity contribution in [3.63, 3.8) is 0 Å². The fourth-order valence-electron chi connectivity index (χ4n) is 5.90. The average molecular weight is 605 g/mol. The predicted molar refractivity (Wildman–Crippen MR) is 158 cm³/mol. The quantitative estimate of drug-likeness (QED) is 0.218. The van der Waals surface area contributed by atoms with Gasteiger partial charge in [-0.25, -0.2) is 19.2 Å². The number of likely N-dealkylation sites (tertiary alicyclic amines) is 1. The van der Waals surface area contributed by atoms with Crippen LogP contribution in [0.3, 0.4) is 0 Å². The van der Waals surface area contributed by atoms with Crippen molar-refractivity contribution < 1.29 is 28.6 Å². The van der Waals surface area contributed by atoms with Gasteiger partial charge in [0.1, 0.15) is 18.2 Å². The molecule has 1 atom stereocenters. The highest BCUT2D eigenvalue weighted by Gasteiger charge is 2.32. The van der Waals surface area contributed by atoms with Gasteiger partial charge in [0.2, 0.25) is 5.88 Å². The summed E-state index contributed by atoms with van der Waals surface area (Å²) in [6.07, 6.45) is 4.76. The largest absolute Gasteiger partial charge is 0.478 e. The summed E-state index contributed by atoms with van der Waals surface area (Å²) < 4.78 is 28.1. The number of halogens is 1. The van der Waals surface area contributed by atoms with Crippen molar-refractivity contribution in [2.45, 2.75) is 63.8 Å². The van der Waals surface area contributed by atoms with Crippen LogP contribution in [0.2, 0.25) is 0 Å². The van der Waals surface area contributed by atoms with Gasteiger partial charge in [0.15, 0.2) is 5.78 Å². The molecule has 5 heterocycles. The number of hydrogen-bond acceptors (Lipinski definition) is 8. The molecule has 1 aromatic carbocycles. The van der Waals surface area contributed by atoms with E-state index < -0.39 is 11.8 Å². The van der Waals surface area contributed by atoms with Crippen LogP contribution in [0.15, 0.2) is 42.5 Å². The summed E-state index contributed by atoms with van der Waals surface area (Å²) in [7, 11) is 0. The normalized spacial score (nSPS) is 19.4. The molecular formula is C32H33FN4O5S. The number of carbonyl (C=O) groups is 2. The number of rotatable bonds is 11. The van der Waals surface area contributed by atoms with Crippen LogP contribution in [-0.4, -0.2) is 62.1 Å². The van der Waals surface area contributed by atoms with E-state index in [9.17, 15) is 19.1 Å². The highest BCUT2D eigenvalue weighted by Crippen LogP contribution is 2.36. The van der Waals surface area contributed by atoms with Gasteiger partial charge in [-0.05, 0) is 75.5 Å². The molecule has 9 nitrogen and oxygen atoms in total. The molecule has 4 aromatic rings. The first-order valence-electron chi connectivity index (χ1n) is 14.9. The maximum atomic E-state index is 14.5. The fraction of sp³-hybridized carbons (Fsp3) is 0.438. The van der Waals surface area contributed by atoms with Gasteiger partial charge in [0.05, 0.1) is 45.5 Å². The number of pyridine rings is 1. The molecule has 7 rings (SSSR count). The number of nitrogens with zero attached hydrogens (tertiary/aromatic N) is 4. The van der Waals surface area contributed by atoms with E-state index in [0.717, 1.165) is 74.4 Å². The van der Waals surface area contributed by atoms with Crippen LogP contribution < -0.4 is 4.74 Å². The fourth-order valence-corrected chi connectivity index (χ4v) is 6.87. The summed E-state index contributed by atoms with van der Waals surface area (Å²) in [6.45, 7) is 3.89. The predicted octanol–water partition coefficient (Wildman–Crippen LogP) is 5.67. The lowest BCUT2D eigenvalue weighted by atomic mass is 9.93. The Labute approximate surface area is 252 Å². The van der Waals surface area contributed by atoms with Crippen LogP contribution in [0.5, 0.6) is 5.88 Å². The second kappa shape index (κ2) is 11.8. The number of carboxylic acid groups (broad SMARTS) is 1. The van der Waals surface area contributed by atoms with Gasteiger partial charge in [-0.3, -0.25) is 9.69 Å². The van der Waals surface area contributed by atoms with Crippen molar-refractivity contribution in [2.24, 2.45) is 5.92 Å². The Kier molecular flexibility index (Phi) is 7.71. The van der Waals surface area contributed by atoms with Crippen LogP contribution in [-0.2, 0) is 24.4 Å². The third-order valence-electron chi connectivity index (χ3n) is 8.67.